The first-order chi connectivity index (χ1) is 12.5. The Hall–Kier alpha value is -2.44. The fourth-order valence-corrected chi connectivity index (χ4v) is 2.89. The Morgan fingerprint density at radius 3 is 3.04 bits per heavy atom. The van der Waals surface area contributed by atoms with E-state index in [2.05, 4.69) is 15.6 Å². The molecular weight excluding hydrogens is 330 g/mol. The van der Waals surface area contributed by atoms with E-state index >= 15 is 0 Å². The topological polar surface area (TPSA) is 72.5 Å². The minimum Gasteiger partial charge on any atom is -0.439 e. The predicted molar refractivity (Wildman–Crippen MR) is 99.3 cm³/mol. The smallest absolute Gasteiger partial charge is 0.240 e. The highest BCUT2D eigenvalue weighted by Gasteiger charge is 2.27. The van der Waals surface area contributed by atoms with Crippen molar-refractivity contribution in [2.24, 2.45) is 0 Å². The third kappa shape index (κ3) is 4.39. The van der Waals surface area contributed by atoms with Crippen LogP contribution >= 0.6 is 0 Å². The lowest BCUT2D eigenvalue weighted by Gasteiger charge is -2.29. The zero-order chi connectivity index (χ0) is 18.5. The highest BCUT2D eigenvalue weighted by atomic mass is 16.5. The van der Waals surface area contributed by atoms with Gasteiger partial charge in [0.25, 0.3) is 0 Å². The van der Waals surface area contributed by atoms with E-state index in [0.717, 1.165) is 16.9 Å². The molecule has 3 rings (SSSR count). The second-order valence-corrected chi connectivity index (χ2v) is 6.53. The van der Waals surface area contributed by atoms with E-state index in [4.69, 9.17) is 9.47 Å². The fraction of sp³-hybridized carbons (Fsp3) is 0.400. The molecule has 1 aromatic carbocycles. The predicted octanol–water partition coefficient (Wildman–Crippen LogP) is 2.48. The first-order valence-corrected chi connectivity index (χ1v) is 8.86. The van der Waals surface area contributed by atoms with Crippen molar-refractivity contribution in [3.63, 3.8) is 0 Å². The van der Waals surface area contributed by atoms with Gasteiger partial charge in [0, 0.05) is 25.4 Å². The number of benzene rings is 1. The van der Waals surface area contributed by atoms with Crippen molar-refractivity contribution in [1.82, 2.24) is 15.6 Å². The van der Waals surface area contributed by atoms with Crippen LogP contribution in [0.15, 0.2) is 36.5 Å². The summed E-state index contributed by atoms with van der Waals surface area (Å²) in [6, 6.07) is 9.32. The van der Waals surface area contributed by atoms with E-state index in [0.29, 0.717) is 25.6 Å². The Morgan fingerprint density at radius 1 is 1.38 bits per heavy atom. The minimum absolute atomic E-state index is 0.0639. The molecule has 1 aliphatic heterocycles. The van der Waals surface area contributed by atoms with Crippen LogP contribution in [0.4, 0.5) is 0 Å². The molecule has 138 valence electrons. The number of morpholine rings is 1. The SMILES string of the molecule is Cc1cccc(Oc2cc(CNC(=O)[C@H]3NCCO[C@@H]3C)ccn2)c1C. The largest absolute Gasteiger partial charge is 0.439 e. The molecule has 1 aliphatic rings. The normalized spacial score (nSPS) is 19.8. The van der Waals surface area contributed by atoms with Crippen LogP contribution in [0.3, 0.4) is 0 Å². The molecule has 0 aliphatic carbocycles. The lowest BCUT2D eigenvalue weighted by atomic mass is 10.1. The number of amides is 1. The van der Waals surface area contributed by atoms with Crippen LogP contribution in [0.25, 0.3) is 0 Å². The van der Waals surface area contributed by atoms with E-state index in [1.165, 1.54) is 5.56 Å². The Morgan fingerprint density at radius 2 is 2.23 bits per heavy atom. The van der Waals surface area contributed by atoms with Gasteiger partial charge in [-0.15, -0.1) is 0 Å². The van der Waals surface area contributed by atoms with Crippen LogP contribution in [0.1, 0.15) is 23.6 Å². The van der Waals surface area contributed by atoms with Gasteiger partial charge in [0.2, 0.25) is 11.8 Å². The monoisotopic (exact) mass is 355 g/mol. The van der Waals surface area contributed by atoms with E-state index in [-0.39, 0.29) is 18.1 Å². The van der Waals surface area contributed by atoms with Crippen LogP contribution in [0.5, 0.6) is 11.6 Å². The third-order valence-electron chi connectivity index (χ3n) is 4.63. The highest BCUT2D eigenvalue weighted by molar-refractivity contribution is 5.82. The average molecular weight is 355 g/mol. The third-order valence-corrected chi connectivity index (χ3v) is 4.63. The number of nitrogens with one attached hydrogen (secondary N) is 2. The number of aromatic nitrogens is 1. The Bertz CT molecular complexity index is 779. The highest BCUT2D eigenvalue weighted by Crippen LogP contribution is 2.25. The maximum absolute atomic E-state index is 12.3. The summed E-state index contributed by atoms with van der Waals surface area (Å²) in [5, 5.41) is 6.13. The number of rotatable bonds is 5. The number of hydrogen-bond acceptors (Lipinski definition) is 5. The molecule has 0 unspecified atom stereocenters. The molecule has 1 saturated heterocycles. The van der Waals surface area contributed by atoms with E-state index in [9.17, 15) is 4.79 Å². The molecule has 26 heavy (non-hydrogen) atoms. The summed E-state index contributed by atoms with van der Waals surface area (Å²) in [5.74, 6) is 1.24. The molecule has 0 bridgehead atoms. The second-order valence-electron chi connectivity index (χ2n) is 6.53. The summed E-state index contributed by atoms with van der Waals surface area (Å²) in [7, 11) is 0. The van der Waals surface area contributed by atoms with Crippen molar-refractivity contribution in [1.29, 1.82) is 0 Å². The molecule has 0 radical (unpaired) electrons. The maximum atomic E-state index is 12.3. The summed E-state index contributed by atoms with van der Waals surface area (Å²) >= 11 is 0. The van der Waals surface area contributed by atoms with Crippen LogP contribution in [0, 0.1) is 13.8 Å². The summed E-state index contributed by atoms with van der Waals surface area (Å²) in [4.78, 5) is 16.6. The molecule has 1 aromatic heterocycles. The van der Waals surface area contributed by atoms with E-state index in [1.807, 2.05) is 51.1 Å². The standard InChI is InChI=1S/C20H25N3O3/c1-13-5-4-6-17(14(13)2)26-18-11-16(7-8-21-18)12-23-20(24)19-15(3)25-10-9-22-19/h4-8,11,15,19,22H,9-10,12H2,1-3H3,(H,23,24)/t15-,19+/m1/s1. The van der Waals surface area contributed by atoms with Gasteiger partial charge in [-0.3, -0.25) is 4.79 Å². The molecule has 6 heteroatoms. The summed E-state index contributed by atoms with van der Waals surface area (Å²) < 4.78 is 11.4. The van der Waals surface area contributed by atoms with Gasteiger partial charge in [0.15, 0.2) is 0 Å². The minimum atomic E-state index is -0.323. The van der Waals surface area contributed by atoms with Gasteiger partial charge in [-0.05, 0) is 49.6 Å². The average Bonchev–Trinajstić information content (AvgIpc) is 2.64. The lowest BCUT2D eigenvalue weighted by molar-refractivity contribution is -0.129. The van der Waals surface area contributed by atoms with Crippen molar-refractivity contribution in [2.45, 2.75) is 39.5 Å². The molecule has 2 atom stereocenters. The van der Waals surface area contributed by atoms with E-state index in [1.54, 1.807) is 6.20 Å². The van der Waals surface area contributed by atoms with Gasteiger partial charge in [-0.25, -0.2) is 4.98 Å². The van der Waals surface area contributed by atoms with Gasteiger partial charge in [0.05, 0.1) is 12.7 Å². The Labute approximate surface area is 153 Å². The first kappa shape index (κ1) is 18.4. The number of hydrogen-bond donors (Lipinski definition) is 2. The maximum Gasteiger partial charge on any atom is 0.240 e. The second kappa shape index (κ2) is 8.29. The number of aryl methyl sites for hydroxylation is 1. The van der Waals surface area contributed by atoms with Gasteiger partial charge >= 0.3 is 0 Å². The molecule has 2 heterocycles. The Balaban J connectivity index is 1.62. The van der Waals surface area contributed by atoms with Crippen LogP contribution in [-0.4, -0.2) is 36.2 Å². The summed E-state index contributed by atoms with van der Waals surface area (Å²) in [5.41, 5.74) is 3.19. The molecular formula is C20H25N3O3. The van der Waals surface area contributed by atoms with Crippen molar-refractivity contribution in [3.05, 3.63) is 53.2 Å². The number of carbonyl (C=O) groups is 1. The number of pyridine rings is 1. The molecule has 0 spiro atoms. The molecule has 6 nitrogen and oxygen atoms in total. The molecule has 2 aromatic rings. The van der Waals surface area contributed by atoms with Crippen LogP contribution < -0.4 is 15.4 Å². The van der Waals surface area contributed by atoms with E-state index < -0.39 is 0 Å². The summed E-state index contributed by atoms with van der Waals surface area (Å²) in [6.07, 6.45) is 1.55. The fourth-order valence-electron chi connectivity index (χ4n) is 2.89. The zero-order valence-corrected chi connectivity index (χ0v) is 15.4. The van der Waals surface area contributed by atoms with Crippen molar-refractivity contribution >= 4 is 5.91 Å². The van der Waals surface area contributed by atoms with Gasteiger partial charge in [0.1, 0.15) is 11.8 Å². The van der Waals surface area contributed by atoms with Crippen molar-refractivity contribution in [2.75, 3.05) is 13.2 Å². The van der Waals surface area contributed by atoms with Crippen LogP contribution in [0.2, 0.25) is 0 Å². The van der Waals surface area contributed by atoms with Gasteiger partial charge in [-0.2, -0.15) is 0 Å². The van der Waals surface area contributed by atoms with Crippen molar-refractivity contribution in [3.8, 4) is 11.6 Å². The quantitative estimate of drug-likeness (QED) is 0.862. The summed E-state index contributed by atoms with van der Waals surface area (Å²) in [6.45, 7) is 7.70. The number of nitrogens with zero attached hydrogens (tertiary/aromatic N) is 1. The Kier molecular flexibility index (Phi) is 5.85. The van der Waals surface area contributed by atoms with Crippen LogP contribution in [-0.2, 0) is 16.1 Å². The van der Waals surface area contributed by atoms with Gasteiger partial charge in [-0.1, -0.05) is 12.1 Å². The van der Waals surface area contributed by atoms with Crippen molar-refractivity contribution < 1.29 is 14.3 Å². The molecule has 1 fully saturated rings. The molecule has 0 saturated carbocycles. The first-order valence-electron chi connectivity index (χ1n) is 8.86. The zero-order valence-electron chi connectivity index (χ0n) is 15.4. The van der Waals surface area contributed by atoms with Gasteiger partial charge < -0.3 is 20.1 Å². The number of ether oxygens (including phenoxy) is 2. The molecule has 1 amide bonds. The molecule has 2 N–H and O–H groups in total. The lowest BCUT2D eigenvalue weighted by Crippen LogP contribution is -2.55. The number of carbonyl (C=O) groups excluding carboxylic acids is 1.